The number of urea groups is 1. The first-order valence-electron chi connectivity index (χ1n) is 10.5. The molecule has 0 radical (unpaired) electrons. The van der Waals surface area contributed by atoms with E-state index in [1.165, 1.54) is 0 Å². The Labute approximate surface area is 182 Å². The maximum atomic E-state index is 13.0. The fourth-order valence-electron chi connectivity index (χ4n) is 4.11. The Kier molecular flexibility index (Phi) is 6.27. The molecule has 164 valence electrons. The van der Waals surface area contributed by atoms with Crippen molar-refractivity contribution in [1.82, 2.24) is 4.90 Å². The van der Waals surface area contributed by atoms with E-state index in [-0.39, 0.29) is 6.03 Å². The van der Waals surface area contributed by atoms with Gasteiger partial charge in [0, 0.05) is 19.3 Å². The molecule has 8 heteroatoms. The predicted molar refractivity (Wildman–Crippen MR) is 123 cm³/mol. The summed E-state index contributed by atoms with van der Waals surface area (Å²) in [5.74, 6) is 1.60. The normalized spacial score (nSPS) is 21.2. The lowest BCUT2D eigenvalue weighted by Crippen LogP contribution is -2.63. The maximum absolute atomic E-state index is 13.0. The van der Waals surface area contributed by atoms with Gasteiger partial charge in [0.25, 0.3) is 0 Å². The van der Waals surface area contributed by atoms with Gasteiger partial charge < -0.3 is 30.3 Å². The van der Waals surface area contributed by atoms with Crippen LogP contribution in [0.5, 0.6) is 5.75 Å². The number of amides is 2. The van der Waals surface area contributed by atoms with E-state index in [9.17, 15) is 4.79 Å². The number of piperidine rings is 1. The van der Waals surface area contributed by atoms with Crippen LogP contribution in [0.15, 0.2) is 53.5 Å². The summed E-state index contributed by atoms with van der Waals surface area (Å²) >= 11 is 0. The van der Waals surface area contributed by atoms with Gasteiger partial charge in [-0.2, -0.15) is 0 Å². The number of nitrogens with zero attached hydrogens (tertiary/aromatic N) is 2. The summed E-state index contributed by atoms with van der Waals surface area (Å²) in [4.78, 5) is 19.7. The second kappa shape index (κ2) is 9.26. The quantitative estimate of drug-likeness (QED) is 0.639. The third kappa shape index (κ3) is 4.59. The number of rotatable bonds is 5. The Hall–Kier alpha value is -3.26. The van der Waals surface area contributed by atoms with Crippen LogP contribution in [0.25, 0.3) is 0 Å². The molecule has 2 aromatic carbocycles. The molecular weight excluding hydrogens is 394 g/mol. The van der Waals surface area contributed by atoms with Crippen LogP contribution in [-0.2, 0) is 4.74 Å². The van der Waals surface area contributed by atoms with Crippen LogP contribution < -0.4 is 20.7 Å². The minimum Gasteiger partial charge on any atom is -0.497 e. The molecule has 1 unspecified atom stereocenters. The predicted octanol–water partition coefficient (Wildman–Crippen LogP) is 3.64. The molecule has 2 aromatic rings. The number of likely N-dealkylation sites (tertiary alicyclic amines) is 1. The van der Waals surface area contributed by atoms with Crippen LogP contribution >= 0.6 is 0 Å². The number of methoxy groups -OCH3 is 2. The summed E-state index contributed by atoms with van der Waals surface area (Å²) in [6, 6.07) is 15.3. The van der Waals surface area contributed by atoms with Crippen molar-refractivity contribution < 1.29 is 14.3 Å². The van der Waals surface area contributed by atoms with Crippen molar-refractivity contribution in [2.45, 2.75) is 18.4 Å². The number of amidine groups is 1. The van der Waals surface area contributed by atoms with Gasteiger partial charge in [-0.25, -0.2) is 4.79 Å². The maximum Gasteiger partial charge on any atom is 0.321 e. The van der Waals surface area contributed by atoms with Crippen molar-refractivity contribution in [2.75, 3.05) is 56.4 Å². The molecule has 2 aliphatic heterocycles. The first-order valence-corrected chi connectivity index (χ1v) is 10.5. The SMILES string of the molecule is COCCN=C1Nc2ccccc2NC12CCCN(C(=O)Nc1ccc(OC)cc1)C2. The third-order valence-electron chi connectivity index (χ3n) is 5.69. The van der Waals surface area contributed by atoms with Crippen LogP contribution in [0.1, 0.15) is 12.8 Å². The largest absolute Gasteiger partial charge is 0.497 e. The molecule has 0 aliphatic carbocycles. The Balaban J connectivity index is 1.54. The summed E-state index contributed by atoms with van der Waals surface area (Å²) in [5, 5.41) is 10.2. The van der Waals surface area contributed by atoms with Gasteiger partial charge in [-0.05, 0) is 49.2 Å². The van der Waals surface area contributed by atoms with Crippen LogP contribution in [0.4, 0.5) is 21.9 Å². The molecule has 0 bridgehead atoms. The van der Waals surface area contributed by atoms with E-state index in [0.29, 0.717) is 26.2 Å². The number of carbonyl (C=O) groups is 1. The molecule has 1 spiro atoms. The number of carbonyl (C=O) groups excluding carboxylic acids is 1. The van der Waals surface area contributed by atoms with Gasteiger partial charge >= 0.3 is 6.03 Å². The fourth-order valence-corrected chi connectivity index (χ4v) is 4.11. The molecule has 1 saturated heterocycles. The topological polar surface area (TPSA) is 87.2 Å². The molecule has 1 fully saturated rings. The van der Waals surface area contributed by atoms with Crippen LogP contribution in [0.2, 0.25) is 0 Å². The second-order valence-electron chi connectivity index (χ2n) is 7.78. The van der Waals surface area contributed by atoms with Crippen molar-refractivity contribution in [2.24, 2.45) is 4.99 Å². The van der Waals surface area contributed by atoms with Gasteiger partial charge in [-0.15, -0.1) is 0 Å². The zero-order valence-corrected chi connectivity index (χ0v) is 18.0. The van der Waals surface area contributed by atoms with Crippen molar-refractivity contribution >= 4 is 28.9 Å². The number of hydrogen-bond donors (Lipinski definition) is 3. The van der Waals surface area contributed by atoms with E-state index in [0.717, 1.165) is 41.5 Å². The summed E-state index contributed by atoms with van der Waals surface area (Å²) < 4.78 is 10.4. The number of aliphatic imine (C=N–C) groups is 1. The number of anilines is 3. The van der Waals surface area contributed by atoms with E-state index < -0.39 is 5.54 Å². The first kappa shape index (κ1) is 21.0. The molecular formula is C23H29N5O3. The first-order chi connectivity index (χ1) is 15.1. The van der Waals surface area contributed by atoms with E-state index >= 15 is 0 Å². The number of para-hydroxylation sites is 2. The smallest absolute Gasteiger partial charge is 0.321 e. The molecule has 8 nitrogen and oxygen atoms in total. The van der Waals surface area contributed by atoms with E-state index in [1.54, 1.807) is 14.2 Å². The average Bonchev–Trinajstić information content (AvgIpc) is 2.80. The van der Waals surface area contributed by atoms with Crippen LogP contribution in [-0.4, -0.2) is 62.8 Å². The fraction of sp³-hybridized carbons (Fsp3) is 0.391. The highest BCUT2D eigenvalue weighted by atomic mass is 16.5. The van der Waals surface area contributed by atoms with Crippen LogP contribution in [0, 0.1) is 0 Å². The average molecular weight is 424 g/mol. The summed E-state index contributed by atoms with van der Waals surface area (Å²) in [6.45, 7) is 2.31. The lowest BCUT2D eigenvalue weighted by molar-refractivity contribution is 0.186. The van der Waals surface area contributed by atoms with Crippen LogP contribution in [0.3, 0.4) is 0 Å². The van der Waals surface area contributed by atoms with E-state index in [2.05, 4.69) is 16.0 Å². The summed E-state index contributed by atoms with van der Waals surface area (Å²) in [6.07, 6.45) is 1.75. The second-order valence-corrected chi connectivity index (χ2v) is 7.78. The molecule has 4 rings (SSSR count). The Morgan fingerprint density at radius 3 is 2.68 bits per heavy atom. The number of nitrogens with one attached hydrogen (secondary N) is 3. The number of fused-ring (bicyclic) bond motifs is 1. The molecule has 2 amide bonds. The molecule has 31 heavy (non-hydrogen) atoms. The Morgan fingerprint density at radius 1 is 1.16 bits per heavy atom. The Bertz CT molecular complexity index is 946. The zero-order chi connectivity index (χ0) is 21.7. The highest BCUT2D eigenvalue weighted by Gasteiger charge is 2.44. The van der Waals surface area contributed by atoms with Crippen molar-refractivity contribution in [3.8, 4) is 5.75 Å². The molecule has 0 aromatic heterocycles. The van der Waals surface area contributed by atoms with Gasteiger partial charge in [0.05, 0.1) is 38.2 Å². The van der Waals surface area contributed by atoms with Gasteiger partial charge in [0.1, 0.15) is 17.1 Å². The minimum atomic E-state index is -0.461. The monoisotopic (exact) mass is 423 g/mol. The number of benzene rings is 2. The number of hydrogen-bond acceptors (Lipinski definition) is 5. The minimum absolute atomic E-state index is 0.124. The highest BCUT2D eigenvalue weighted by molar-refractivity contribution is 6.10. The van der Waals surface area contributed by atoms with Gasteiger partial charge in [0.15, 0.2) is 0 Å². The molecule has 3 N–H and O–H groups in total. The van der Waals surface area contributed by atoms with Crippen molar-refractivity contribution in [3.63, 3.8) is 0 Å². The molecule has 1 atom stereocenters. The van der Waals surface area contributed by atoms with Gasteiger partial charge in [-0.3, -0.25) is 4.99 Å². The lowest BCUT2D eigenvalue weighted by atomic mass is 9.85. The van der Waals surface area contributed by atoms with E-state index in [1.807, 2.05) is 53.4 Å². The zero-order valence-electron chi connectivity index (χ0n) is 18.0. The Morgan fingerprint density at radius 2 is 1.94 bits per heavy atom. The van der Waals surface area contributed by atoms with Crippen molar-refractivity contribution in [3.05, 3.63) is 48.5 Å². The lowest BCUT2D eigenvalue weighted by Gasteiger charge is -2.47. The third-order valence-corrected chi connectivity index (χ3v) is 5.69. The van der Waals surface area contributed by atoms with Gasteiger partial charge in [-0.1, -0.05) is 12.1 Å². The molecule has 2 heterocycles. The van der Waals surface area contributed by atoms with Gasteiger partial charge in [0.2, 0.25) is 0 Å². The standard InChI is InChI=1S/C23H29N5O3/c1-30-15-13-24-21-23(27-20-7-4-3-6-19(20)26-21)12-5-14-28(16-23)22(29)25-17-8-10-18(31-2)11-9-17/h3-4,6-11,27H,5,12-16H2,1-2H3,(H,24,26)(H,25,29). The molecule has 2 aliphatic rings. The van der Waals surface area contributed by atoms with Crippen molar-refractivity contribution in [1.29, 1.82) is 0 Å². The molecule has 0 saturated carbocycles. The highest BCUT2D eigenvalue weighted by Crippen LogP contribution is 2.36. The summed E-state index contributed by atoms with van der Waals surface area (Å²) in [7, 11) is 3.29. The number of ether oxygens (including phenoxy) is 2. The van der Waals surface area contributed by atoms with E-state index in [4.69, 9.17) is 14.5 Å². The summed E-state index contributed by atoms with van der Waals surface area (Å²) in [5.41, 5.74) is 2.28.